The number of hydrogen-bond acceptors (Lipinski definition) is 5. The van der Waals surface area contributed by atoms with Gasteiger partial charge in [-0.05, 0) is 116 Å². The van der Waals surface area contributed by atoms with Crippen molar-refractivity contribution in [3.63, 3.8) is 0 Å². The van der Waals surface area contributed by atoms with Gasteiger partial charge in [0.05, 0.1) is 6.61 Å². The van der Waals surface area contributed by atoms with Crippen LogP contribution < -0.4 is 0 Å². The van der Waals surface area contributed by atoms with Crippen LogP contribution in [0, 0.1) is 0 Å². The lowest BCUT2D eigenvalue weighted by molar-refractivity contribution is -0.163. The number of allylic oxidation sites excluding steroid dienone is 16. The van der Waals surface area contributed by atoms with Crippen molar-refractivity contribution in [2.45, 2.75) is 258 Å². The normalized spacial score (nSPS) is 13.0. The minimum absolute atomic E-state index is 0.0598. The highest BCUT2D eigenvalue weighted by Crippen LogP contribution is 2.14. The Morgan fingerprint density at radius 2 is 0.697 bits per heavy atom. The fraction of sp³-hybridized carbons (Fsp3) is 0.705. The maximum atomic E-state index is 12.8. The van der Waals surface area contributed by atoms with Crippen LogP contribution in [-0.4, -0.2) is 37.9 Å². The minimum Gasteiger partial charge on any atom is -0.462 e. The molecule has 5 nitrogen and oxygen atoms in total. The SMILES string of the molecule is CC/C=C\C/C=C\C/C=C\C/C=C\C/C=C\CCCCCC(=O)OCC(COCCCCCCCC/C=C\CCCC)OC(=O)CCCCCCCCCCC/C=C\C/C=C\CCCCC. The highest BCUT2D eigenvalue weighted by Gasteiger charge is 2.17. The Morgan fingerprint density at radius 3 is 1.17 bits per heavy atom. The molecule has 0 saturated carbocycles. The van der Waals surface area contributed by atoms with Crippen LogP contribution in [0.1, 0.15) is 252 Å². The first-order chi connectivity index (χ1) is 32.6. The first kappa shape index (κ1) is 62.8. The molecule has 0 aromatic carbocycles. The van der Waals surface area contributed by atoms with Crippen LogP contribution in [0.4, 0.5) is 0 Å². The van der Waals surface area contributed by atoms with Crippen LogP contribution >= 0.6 is 0 Å². The van der Waals surface area contributed by atoms with Gasteiger partial charge in [-0.15, -0.1) is 0 Å². The van der Waals surface area contributed by atoms with Gasteiger partial charge in [0, 0.05) is 19.4 Å². The Balaban J connectivity index is 4.32. The second-order valence-electron chi connectivity index (χ2n) is 18.1. The second kappa shape index (κ2) is 56.1. The number of carbonyl (C=O) groups excluding carboxylic acids is 2. The number of ether oxygens (including phenoxy) is 3. The van der Waals surface area contributed by atoms with Gasteiger partial charge in [0.1, 0.15) is 6.61 Å². The lowest BCUT2D eigenvalue weighted by Crippen LogP contribution is -2.30. The van der Waals surface area contributed by atoms with E-state index in [4.69, 9.17) is 14.2 Å². The van der Waals surface area contributed by atoms with Gasteiger partial charge in [0.25, 0.3) is 0 Å². The Kier molecular flexibility index (Phi) is 53.4. The molecule has 0 aliphatic carbocycles. The molecule has 0 saturated heterocycles. The molecule has 0 bridgehead atoms. The average molecular weight is 917 g/mol. The zero-order valence-electron chi connectivity index (χ0n) is 43.4. The van der Waals surface area contributed by atoms with Crippen LogP contribution in [0.2, 0.25) is 0 Å². The topological polar surface area (TPSA) is 61.8 Å². The Morgan fingerprint density at radius 1 is 0.348 bits per heavy atom. The van der Waals surface area contributed by atoms with Crippen molar-refractivity contribution in [2.75, 3.05) is 19.8 Å². The molecule has 0 aromatic rings. The van der Waals surface area contributed by atoms with Crippen LogP contribution in [-0.2, 0) is 23.8 Å². The molecule has 0 aliphatic rings. The molecule has 0 aliphatic heterocycles. The van der Waals surface area contributed by atoms with Crippen molar-refractivity contribution in [2.24, 2.45) is 0 Å². The van der Waals surface area contributed by atoms with Crippen molar-refractivity contribution < 1.29 is 23.8 Å². The van der Waals surface area contributed by atoms with Crippen LogP contribution in [0.15, 0.2) is 97.2 Å². The quantitative estimate of drug-likeness (QED) is 0.0346. The van der Waals surface area contributed by atoms with E-state index in [0.29, 0.717) is 19.4 Å². The van der Waals surface area contributed by atoms with E-state index < -0.39 is 6.10 Å². The molecule has 378 valence electrons. The summed E-state index contributed by atoms with van der Waals surface area (Å²) in [6.07, 6.45) is 75.6. The minimum atomic E-state index is -0.560. The Hall–Kier alpha value is -3.18. The summed E-state index contributed by atoms with van der Waals surface area (Å²) in [5, 5.41) is 0. The third-order valence-corrected chi connectivity index (χ3v) is 11.6. The largest absolute Gasteiger partial charge is 0.462 e. The van der Waals surface area contributed by atoms with Gasteiger partial charge < -0.3 is 14.2 Å². The number of rotatable bonds is 50. The van der Waals surface area contributed by atoms with Gasteiger partial charge in [-0.2, -0.15) is 0 Å². The van der Waals surface area contributed by atoms with Gasteiger partial charge in [0.15, 0.2) is 6.10 Å². The Labute approximate surface area is 409 Å². The van der Waals surface area contributed by atoms with Crippen LogP contribution in [0.3, 0.4) is 0 Å². The fourth-order valence-electron chi connectivity index (χ4n) is 7.43. The van der Waals surface area contributed by atoms with Gasteiger partial charge in [0.2, 0.25) is 0 Å². The van der Waals surface area contributed by atoms with Gasteiger partial charge >= 0.3 is 11.9 Å². The van der Waals surface area contributed by atoms with Crippen molar-refractivity contribution in [1.29, 1.82) is 0 Å². The molecule has 0 radical (unpaired) electrons. The van der Waals surface area contributed by atoms with Gasteiger partial charge in [-0.1, -0.05) is 221 Å². The molecular formula is C61H104O5. The molecule has 0 N–H and O–H groups in total. The van der Waals surface area contributed by atoms with Crippen molar-refractivity contribution in [3.05, 3.63) is 97.2 Å². The summed E-state index contributed by atoms with van der Waals surface area (Å²) >= 11 is 0. The molecule has 66 heavy (non-hydrogen) atoms. The van der Waals surface area contributed by atoms with E-state index in [-0.39, 0.29) is 25.2 Å². The fourth-order valence-corrected chi connectivity index (χ4v) is 7.43. The molecular weight excluding hydrogens is 813 g/mol. The number of carbonyl (C=O) groups is 2. The average Bonchev–Trinajstić information content (AvgIpc) is 3.32. The van der Waals surface area contributed by atoms with Crippen LogP contribution in [0.25, 0.3) is 0 Å². The molecule has 0 spiro atoms. The van der Waals surface area contributed by atoms with Crippen molar-refractivity contribution in [3.8, 4) is 0 Å². The third-order valence-electron chi connectivity index (χ3n) is 11.6. The van der Waals surface area contributed by atoms with Gasteiger partial charge in [-0.3, -0.25) is 9.59 Å². The van der Waals surface area contributed by atoms with Crippen molar-refractivity contribution in [1.82, 2.24) is 0 Å². The van der Waals surface area contributed by atoms with Crippen molar-refractivity contribution >= 4 is 11.9 Å². The first-order valence-corrected chi connectivity index (χ1v) is 27.8. The van der Waals surface area contributed by atoms with E-state index >= 15 is 0 Å². The molecule has 0 rings (SSSR count). The zero-order valence-corrected chi connectivity index (χ0v) is 43.4. The van der Waals surface area contributed by atoms with E-state index in [2.05, 4.69) is 118 Å². The summed E-state index contributed by atoms with van der Waals surface area (Å²) in [4.78, 5) is 25.5. The summed E-state index contributed by atoms with van der Waals surface area (Å²) in [6.45, 7) is 7.61. The Bertz CT molecular complexity index is 1270. The zero-order chi connectivity index (χ0) is 47.7. The molecule has 5 heteroatoms. The maximum absolute atomic E-state index is 12.8. The highest BCUT2D eigenvalue weighted by molar-refractivity contribution is 5.70. The predicted octanol–water partition coefficient (Wildman–Crippen LogP) is 19.0. The monoisotopic (exact) mass is 917 g/mol. The summed E-state index contributed by atoms with van der Waals surface area (Å²) in [5.74, 6) is -0.442. The third kappa shape index (κ3) is 53.4. The molecule has 1 unspecified atom stereocenters. The summed E-state index contributed by atoms with van der Waals surface area (Å²) in [7, 11) is 0. The van der Waals surface area contributed by atoms with E-state index in [1.807, 2.05) is 0 Å². The lowest BCUT2D eigenvalue weighted by Gasteiger charge is -2.18. The lowest BCUT2D eigenvalue weighted by atomic mass is 10.1. The van der Waals surface area contributed by atoms with E-state index in [0.717, 1.165) is 96.3 Å². The standard InChI is InChI=1S/C61H104O5/c1-4-7-10-13-16-19-22-25-27-29-31-33-35-37-39-42-45-48-51-54-60(62)65-58-59(57-64-56-53-50-47-44-41-24-21-18-15-12-9-6-3)66-61(63)55-52-49-46-43-40-38-36-34-32-30-28-26-23-20-17-14-11-8-5-2/h7,10,15-20,25-28,31,33,37,39,59H,4-6,8-9,11-14,21-24,29-30,32,34-36,38,40-58H2,1-3H3/b10-7-,18-15-,19-16-,20-17-,27-25-,28-26-,33-31-,39-37-. The number of esters is 2. The van der Waals surface area contributed by atoms with E-state index in [1.54, 1.807) is 0 Å². The molecule has 0 fully saturated rings. The molecule has 1 atom stereocenters. The number of hydrogen-bond donors (Lipinski definition) is 0. The maximum Gasteiger partial charge on any atom is 0.306 e. The molecule has 0 aromatic heterocycles. The molecule has 0 heterocycles. The molecule has 0 amide bonds. The predicted molar refractivity (Wildman–Crippen MR) is 288 cm³/mol. The summed E-state index contributed by atoms with van der Waals surface area (Å²) in [6, 6.07) is 0. The summed E-state index contributed by atoms with van der Waals surface area (Å²) in [5.41, 5.74) is 0. The van der Waals surface area contributed by atoms with Crippen LogP contribution in [0.5, 0.6) is 0 Å². The van der Waals surface area contributed by atoms with E-state index in [1.165, 1.54) is 122 Å². The highest BCUT2D eigenvalue weighted by atomic mass is 16.6. The number of unbranched alkanes of at least 4 members (excludes halogenated alkanes) is 23. The smallest absolute Gasteiger partial charge is 0.306 e. The summed E-state index contributed by atoms with van der Waals surface area (Å²) < 4.78 is 17.4. The second-order valence-corrected chi connectivity index (χ2v) is 18.1. The van der Waals surface area contributed by atoms with E-state index in [9.17, 15) is 9.59 Å². The van der Waals surface area contributed by atoms with Gasteiger partial charge in [-0.25, -0.2) is 0 Å². The first-order valence-electron chi connectivity index (χ1n) is 27.8.